The van der Waals surface area contributed by atoms with Crippen LogP contribution in [0.3, 0.4) is 0 Å². The molecule has 0 radical (unpaired) electrons. The molecule has 0 spiro atoms. The number of nitrogens with one attached hydrogen (secondary N) is 1. The summed E-state index contributed by atoms with van der Waals surface area (Å²) in [6.07, 6.45) is 2.45. The van der Waals surface area contributed by atoms with Gasteiger partial charge in [-0.1, -0.05) is 25.4 Å². The van der Waals surface area contributed by atoms with Gasteiger partial charge < -0.3 is 10.1 Å². The number of hydrogen-bond donors (Lipinski definition) is 1. The van der Waals surface area contributed by atoms with Gasteiger partial charge in [0.05, 0.1) is 0 Å². The fourth-order valence-corrected chi connectivity index (χ4v) is 2.69. The Morgan fingerprint density at radius 1 is 1.39 bits per heavy atom. The van der Waals surface area contributed by atoms with Crippen molar-refractivity contribution in [2.24, 2.45) is 11.8 Å². The van der Waals surface area contributed by atoms with E-state index in [1.807, 2.05) is 0 Å². The van der Waals surface area contributed by atoms with E-state index in [0.29, 0.717) is 29.5 Å². The van der Waals surface area contributed by atoms with Crippen molar-refractivity contribution in [2.75, 3.05) is 12.4 Å². The van der Waals surface area contributed by atoms with Crippen LogP contribution >= 0.6 is 11.6 Å². The summed E-state index contributed by atoms with van der Waals surface area (Å²) in [6, 6.07) is 2.25. The minimum atomic E-state index is 0.381. The largest absolute Gasteiger partial charge is 0.377 e. The van der Waals surface area contributed by atoms with Crippen LogP contribution in [0.15, 0.2) is 6.07 Å². The molecule has 0 bridgehead atoms. The number of aromatic nitrogens is 2. The van der Waals surface area contributed by atoms with Crippen molar-refractivity contribution in [3.05, 3.63) is 17.0 Å². The van der Waals surface area contributed by atoms with E-state index in [-0.39, 0.29) is 0 Å². The second-order valence-corrected chi connectivity index (χ2v) is 5.48. The van der Waals surface area contributed by atoms with Crippen molar-refractivity contribution in [3.8, 4) is 0 Å². The molecule has 3 unspecified atom stereocenters. The van der Waals surface area contributed by atoms with E-state index in [2.05, 4.69) is 29.1 Å². The SMILES string of the molecule is COCc1nc(Cl)cc(NC2CCC(C)C2C)n1. The summed E-state index contributed by atoms with van der Waals surface area (Å²) in [5.74, 6) is 2.84. The molecule has 1 aliphatic carbocycles. The summed E-state index contributed by atoms with van der Waals surface area (Å²) in [6.45, 7) is 4.97. The third kappa shape index (κ3) is 3.12. The van der Waals surface area contributed by atoms with Gasteiger partial charge in [0.25, 0.3) is 0 Å². The number of anilines is 1. The zero-order chi connectivity index (χ0) is 13.1. The van der Waals surface area contributed by atoms with Crippen LogP contribution in [0.5, 0.6) is 0 Å². The van der Waals surface area contributed by atoms with E-state index in [1.165, 1.54) is 12.8 Å². The van der Waals surface area contributed by atoms with Crippen LogP contribution in [0.2, 0.25) is 5.15 Å². The number of nitrogens with zero attached hydrogens (tertiary/aromatic N) is 2. The van der Waals surface area contributed by atoms with Crippen molar-refractivity contribution in [1.82, 2.24) is 9.97 Å². The fraction of sp³-hybridized carbons (Fsp3) is 0.692. The minimum Gasteiger partial charge on any atom is -0.377 e. The summed E-state index contributed by atoms with van der Waals surface area (Å²) < 4.78 is 5.03. The first-order valence-corrected chi connectivity index (χ1v) is 6.77. The van der Waals surface area contributed by atoms with Gasteiger partial charge in [-0.15, -0.1) is 0 Å². The smallest absolute Gasteiger partial charge is 0.158 e. The van der Waals surface area contributed by atoms with E-state index in [1.54, 1.807) is 13.2 Å². The quantitative estimate of drug-likeness (QED) is 0.853. The highest BCUT2D eigenvalue weighted by Crippen LogP contribution is 2.33. The van der Waals surface area contributed by atoms with Gasteiger partial charge in [0, 0.05) is 19.2 Å². The Morgan fingerprint density at radius 2 is 2.17 bits per heavy atom. The molecule has 1 heterocycles. The van der Waals surface area contributed by atoms with Gasteiger partial charge in [-0.25, -0.2) is 9.97 Å². The molecular formula is C13H20ClN3O. The summed E-state index contributed by atoms with van der Waals surface area (Å²) in [5.41, 5.74) is 0. The van der Waals surface area contributed by atoms with Crippen LogP contribution in [-0.2, 0) is 11.3 Å². The van der Waals surface area contributed by atoms with Crippen molar-refractivity contribution >= 4 is 17.4 Å². The molecular weight excluding hydrogens is 250 g/mol. The van der Waals surface area contributed by atoms with Crippen LogP contribution in [0.4, 0.5) is 5.82 Å². The van der Waals surface area contributed by atoms with Crippen LogP contribution < -0.4 is 5.32 Å². The maximum Gasteiger partial charge on any atom is 0.158 e. The normalized spacial score (nSPS) is 27.4. The molecule has 1 aromatic heterocycles. The van der Waals surface area contributed by atoms with Gasteiger partial charge in [-0.05, 0) is 24.7 Å². The maximum atomic E-state index is 5.99. The van der Waals surface area contributed by atoms with Crippen molar-refractivity contribution in [2.45, 2.75) is 39.3 Å². The standard InChI is InChI=1S/C13H20ClN3O/c1-8-4-5-10(9(8)2)15-12-6-11(14)16-13(17-12)7-18-3/h6,8-10H,4-5,7H2,1-3H3,(H,15,16,17). The molecule has 0 saturated heterocycles. The second kappa shape index (κ2) is 5.85. The molecule has 3 atom stereocenters. The van der Waals surface area contributed by atoms with Crippen LogP contribution in [0.25, 0.3) is 0 Å². The summed E-state index contributed by atoms with van der Waals surface area (Å²) in [7, 11) is 1.62. The van der Waals surface area contributed by atoms with Gasteiger partial charge in [-0.3, -0.25) is 0 Å². The molecule has 2 rings (SSSR count). The third-order valence-corrected chi connectivity index (χ3v) is 4.01. The van der Waals surface area contributed by atoms with Crippen molar-refractivity contribution in [3.63, 3.8) is 0 Å². The zero-order valence-electron chi connectivity index (χ0n) is 11.1. The number of hydrogen-bond acceptors (Lipinski definition) is 4. The number of rotatable bonds is 4. The van der Waals surface area contributed by atoms with Crippen LogP contribution in [-0.4, -0.2) is 23.1 Å². The molecule has 5 heteroatoms. The van der Waals surface area contributed by atoms with Crippen molar-refractivity contribution in [1.29, 1.82) is 0 Å². The topological polar surface area (TPSA) is 47.0 Å². The lowest BCUT2D eigenvalue weighted by molar-refractivity contribution is 0.178. The van der Waals surface area contributed by atoms with E-state index in [0.717, 1.165) is 11.7 Å². The van der Waals surface area contributed by atoms with Crippen LogP contribution in [0, 0.1) is 11.8 Å². The second-order valence-electron chi connectivity index (χ2n) is 5.09. The molecule has 4 nitrogen and oxygen atoms in total. The molecule has 0 aromatic carbocycles. The van der Waals surface area contributed by atoms with Gasteiger partial charge >= 0.3 is 0 Å². The first kappa shape index (κ1) is 13.6. The Bertz CT molecular complexity index is 413. The molecule has 1 N–H and O–H groups in total. The monoisotopic (exact) mass is 269 g/mol. The fourth-order valence-electron chi connectivity index (χ4n) is 2.49. The highest BCUT2D eigenvalue weighted by atomic mass is 35.5. The Hall–Kier alpha value is -0.870. The number of halogens is 1. The summed E-state index contributed by atoms with van der Waals surface area (Å²) in [4.78, 5) is 8.54. The maximum absolute atomic E-state index is 5.99. The molecule has 0 amide bonds. The van der Waals surface area contributed by atoms with Crippen LogP contribution in [0.1, 0.15) is 32.5 Å². The molecule has 1 fully saturated rings. The lowest BCUT2D eigenvalue weighted by atomic mass is 9.98. The average molecular weight is 270 g/mol. The van der Waals surface area contributed by atoms with Gasteiger partial charge in [0.1, 0.15) is 17.6 Å². The number of ether oxygens (including phenoxy) is 1. The molecule has 100 valence electrons. The van der Waals surface area contributed by atoms with E-state index in [4.69, 9.17) is 16.3 Å². The first-order valence-electron chi connectivity index (χ1n) is 6.39. The van der Waals surface area contributed by atoms with E-state index in [9.17, 15) is 0 Å². The summed E-state index contributed by atoms with van der Waals surface area (Å²) >= 11 is 5.99. The molecule has 1 aromatic rings. The third-order valence-electron chi connectivity index (χ3n) is 3.81. The highest BCUT2D eigenvalue weighted by molar-refractivity contribution is 6.29. The first-order chi connectivity index (χ1) is 8.60. The Morgan fingerprint density at radius 3 is 2.78 bits per heavy atom. The van der Waals surface area contributed by atoms with Gasteiger partial charge in [0.2, 0.25) is 0 Å². The number of methoxy groups -OCH3 is 1. The lowest BCUT2D eigenvalue weighted by Gasteiger charge is -2.20. The molecule has 1 aliphatic rings. The highest BCUT2D eigenvalue weighted by Gasteiger charge is 2.29. The Kier molecular flexibility index (Phi) is 4.40. The lowest BCUT2D eigenvalue weighted by Crippen LogP contribution is -2.24. The predicted molar refractivity (Wildman–Crippen MR) is 72.7 cm³/mol. The van der Waals surface area contributed by atoms with E-state index >= 15 is 0 Å². The molecule has 1 saturated carbocycles. The minimum absolute atomic E-state index is 0.381. The molecule has 0 aliphatic heterocycles. The van der Waals surface area contributed by atoms with Gasteiger partial charge in [0.15, 0.2) is 5.82 Å². The predicted octanol–water partition coefficient (Wildman–Crippen LogP) is 3.12. The Labute approximate surface area is 113 Å². The average Bonchev–Trinajstić information content (AvgIpc) is 2.61. The van der Waals surface area contributed by atoms with Gasteiger partial charge in [-0.2, -0.15) is 0 Å². The summed E-state index contributed by atoms with van der Waals surface area (Å²) in [5, 5.41) is 3.93. The molecule has 18 heavy (non-hydrogen) atoms. The zero-order valence-corrected chi connectivity index (χ0v) is 11.9. The van der Waals surface area contributed by atoms with Crippen molar-refractivity contribution < 1.29 is 4.74 Å². The Balaban J connectivity index is 2.09. The van der Waals surface area contributed by atoms with E-state index < -0.39 is 0 Å².